The van der Waals surface area contributed by atoms with Crippen molar-refractivity contribution in [1.82, 2.24) is 9.80 Å². The first-order valence-corrected chi connectivity index (χ1v) is 7.40. The number of hydrogen-bond donors (Lipinski definition) is 2. The van der Waals surface area contributed by atoms with Crippen LogP contribution in [0.25, 0.3) is 0 Å². The average Bonchev–Trinajstić information content (AvgIpc) is 2.44. The first kappa shape index (κ1) is 16.8. The standard InChI is InChI=1S/C14H26N2O4/c1-15(9-5-8-13(18)19)14(20)16(10-11-17)12-6-3-2-4-7-12/h12,17H,2-11H2,1H3,(H,18,19). The third-order valence-corrected chi connectivity index (χ3v) is 3.81. The van der Waals surface area contributed by atoms with Gasteiger partial charge < -0.3 is 20.0 Å². The number of aliphatic hydroxyl groups excluding tert-OH is 1. The Morgan fingerprint density at radius 1 is 1.15 bits per heavy atom. The van der Waals surface area contributed by atoms with Crippen LogP contribution < -0.4 is 0 Å². The summed E-state index contributed by atoms with van der Waals surface area (Å²) in [5.74, 6) is -0.842. The number of carbonyl (C=O) groups excluding carboxylic acids is 1. The van der Waals surface area contributed by atoms with E-state index in [1.165, 1.54) is 6.42 Å². The molecule has 1 aliphatic rings. The quantitative estimate of drug-likeness (QED) is 0.743. The normalized spacial score (nSPS) is 15.9. The zero-order chi connectivity index (χ0) is 15.0. The smallest absolute Gasteiger partial charge is 0.320 e. The topological polar surface area (TPSA) is 81.1 Å². The highest BCUT2D eigenvalue weighted by atomic mass is 16.4. The lowest BCUT2D eigenvalue weighted by Gasteiger charge is -2.36. The Bertz CT molecular complexity index is 316. The second kappa shape index (κ2) is 8.79. The van der Waals surface area contributed by atoms with Gasteiger partial charge in [0.25, 0.3) is 0 Å². The summed E-state index contributed by atoms with van der Waals surface area (Å²) >= 11 is 0. The minimum atomic E-state index is -0.842. The van der Waals surface area contributed by atoms with Crippen molar-refractivity contribution in [2.24, 2.45) is 0 Å². The summed E-state index contributed by atoms with van der Waals surface area (Å²) in [6.45, 7) is 0.748. The van der Waals surface area contributed by atoms with Crippen LogP contribution in [0.1, 0.15) is 44.9 Å². The number of rotatable bonds is 7. The zero-order valence-corrected chi connectivity index (χ0v) is 12.3. The molecule has 0 saturated heterocycles. The van der Waals surface area contributed by atoms with E-state index in [-0.39, 0.29) is 25.1 Å². The molecule has 6 nitrogen and oxygen atoms in total. The molecule has 2 amide bonds. The van der Waals surface area contributed by atoms with Crippen LogP contribution in [0.4, 0.5) is 4.79 Å². The van der Waals surface area contributed by atoms with Crippen molar-refractivity contribution < 1.29 is 19.8 Å². The fourth-order valence-corrected chi connectivity index (χ4v) is 2.72. The number of aliphatic carboxylic acids is 1. The fourth-order valence-electron chi connectivity index (χ4n) is 2.72. The van der Waals surface area contributed by atoms with Gasteiger partial charge in [0.15, 0.2) is 0 Å². The number of aliphatic hydroxyl groups is 1. The highest BCUT2D eigenvalue weighted by Crippen LogP contribution is 2.23. The Kier molecular flexibility index (Phi) is 7.36. The number of carbonyl (C=O) groups is 2. The van der Waals surface area contributed by atoms with Crippen LogP contribution in [-0.2, 0) is 4.79 Å². The third kappa shape index (κ3) is 5.36. The Morgan fingerprint density at radius 2 is 1.80 bits per heavy atom. The molecule has 0 aromatic heterocycles. The summed E-state index contributed by atoms with van der Waals surface area (Å²) in [4.78, 5) is 26.2. The maximum atomic E-state index is 12.4. The first-order valence-electron chi connectivity index (χ1n) is 7.40. The first-order chi connectivity index (χ1) is 9.56. The van der Waals surface area contributed by atoms with Gasteiger partial charge in [-0.3, -0.25) is 4.79 Å². The van der Waals surface area contributed by atoms with Crippen molar-refractivity contribution in [3.05, 3.63) is 0 Å². The second-order valence-corrected chi connectivity index (χ2v) is 5.41. The minimum absolute atomic E-state index is 0.0365. The predicted molar refractivity (Wildman–Crippen MR) is 75.6 cm³/mol. The van der Waals surface area contributed by atoms with Gasteiger partial charge in [-0.25, -0.2) is 4.79 Å². The maximum absolute atomic E-state index is 12.4. The lowest BCUT2D eigenvalue weighted by atomic mass is 9.94. The molecule has 1 aliphatic carbocycles. The number of urea groups is 1. The molecule has 0 aliphatic heterocycles. The molecule has 0 unspecified atom stereocenters. The van der Waals surface area contributed by atoms with Crippen LogP contribution in [0.15, 0.2) is 0 Å². The Balaban J connectivity index is 2.51. The van der Waals surface area contributed by atoms with E-state index in [0.717, 1.165) is 25.7 Å². The van der Waals surface area contributed by atoms with E-state index >= 15 is 0 Å². The van der Waals surface area contributed by atoms with E-state index in [1.54, 1.807) is 16.8 Å². The molecule has 0 spiro atoms. The minimum Gasteiger partial charge on any atom is -0.481 e. The molecule has 6 heteroatoms. The molecular formula is C14H26N2O4. The van der Waals surface area contributed by atoms with Gasteiger partial charge in [0.2, 0.25) is 0 Å². The molecule has 0 aromatic rings. The van der Waals surface area contributed by atoms with Crippen LogP contribution in [0, 0.1) is 0 Å². The SMILES string of the molecule is CN(CCCC(=O)O)C(=O)N(CCO)C1CCCCC1. The van der Waals surface area contributed by atoms with E-state index in [1.807, 2.05) is 0 Å². The summed E-state index contributed by atoms with van der Waals surface area (Å²) in [5.41, 5.74) is 0. The number of nitrogens with zero attached hydrogens (tertiary/aromatic N) is 2. The zero-order valence-electron chi connectivity index (χ0n) is 12.3. The monoisotopic (exact) mass is 286 g/mol. The lowest BCUT2D eigenvalue weighted by Crippen LogP contribution is -2.49. The molecule has 1 saturated carbocycles. The highest BCUT2D eigenvalue weighted by molar-refractivity contribution is 5.74. The Hall–Kier alpha value is -1.30. The molecule has 0 bridgehead atoms. The van der Waals surface area contributed by atoms with E-state index in [4.69, 9.17) is 10.2 Å². The van der Waals surface area contributed by atoms with Gasteiger partial charge in [0.05, 0.1) is 6.61 Å². The van der Waals surface area contributed by atoms with Crippen molar-refractivity contribution in [1.29, 1.82) is 0 Å². The third-order valence-electron chi connectivity index (χ3n) is 3.81. The number of carboxylic acid groups (broad SMARTS) is 1. The number of carboxylic acids is 1. The predicted octanol–water partition coefficient (Wildman–Crippen LogP) is 1.53. The molecule has 116 valence electrons. The molecule has 1 rings (SSSR count). The average molecular weight is 286 g/mol. The molecular weight excluding hydrogens is 260 g/mol. The van der Waals surface area contributed by atoms with E-state index in [2.05, 4.69) is 0 Å². The maximum Gasteiger partial charge on any atom is 0.320 e. The van der Waals surface area contributed by atoms with Gasteiger partial charge in [0, 0.05) is 32.6 Å². The van der Waals surface area contributed by atoms with E-state index < -0.39 is 5.97 Å². The summed E-state index contributed by atoms with van der Waals surface area (Å²) < 4.78 is 0. The van der Waals surface area contributed by atoms with Gasteiger partial charge in [-0.1, -0.05) is 19.3 Å². The van der Waals surface area contributed by atoms with Gasteiger partial charge in [-0.15, -0.1) is 0 Å². The fraction of sp³-hybridized carbons (Fsp3) is 0.857. The molecule has 0 atom stereocenters. The van der Waals surface area contributed by atoms with E-state index in [9.17, 15) is 9.59 Å². The van der Waals surface area contributed by atoms with Crippen LogP contribution in [-0.4, -0.2) is 64.8 Å². The van der Waals surface area contributed by atoms with Gasteiger partial charge in [0.1, 0.15) is 0 Å². The highest BCUT2D eigenvalue weighted by Gasteiger charge is 2.26. The Labute approximate surface area is 120 Å². The van der Waals surface area contributed by atoms with Crippen LogP contribution in [0.3, 0.4) is 0 Å². The van der Waals surface area contributed by atoms with Crippen molar-refractivity contribution in [2.45, 2.75) is 51.0 Å². The van der Waals surface area contributed by atoms with Crippen molar-refractivity contribution in [3.63, 3.8) is 0 Å². The molecule has 1 fully saturated rings. The summed E-state index contributed by atoms with van der Waals surface area (Å²) in [6.07, 6.45) is 5.98. The lowest BCUT2D eigenvalue weighted by molar-refractivity contribution is -0.137. The van der Waals surface area contributed by atoms with Crippen molar-refractivity contribution in [3.8, 4) is 0 Å². The molecule has 0 aromatic carbocycles. The summed E-state index contributed by atoms with van der Waals surface area (Å²) in [6, 6.07) is 0.113. The van der Waals surface area contributed by atoms with Crippen LogP contribution >= 0.6 is 0 Å². The largest absolute Gasteiger partial charge is 0.481 e. The van der Waals surface area contributed by atoms with Gasteiger partial charge in [-0.2, -0.15) is 0 Å². The van der Waals surface area contributed by atoms with Crippen molar-refractivity contribution in [2.75, 3.05) is 26.7 Å². The molecule has 20 heavy (non-hydrogen) atoms. The summed E-state index contributed by atoms with van der Waals surface area (Å²) in [7, 11) is 1.69. The number of hydrogen-bond acceptors (Lipinski definition) is 3. The van der Waals surface area contributed by atoms with Crippen LogP contribution in [0.5, 0.6) is 0 Å². The van der Waals surface area contributed by atoms with Crippen LogP contribution in [0.2, 0.25) is 0 Å². The number of amides is 2. The molecule has 0 radical (unpaired) electrons. The van der Waals surface area contributed by atoms with E-state index in [0.29, 0.717) is 19.5 Å². The van der Waals surface area contributed by atoms with Gasteiger partial charge in [-0.05, 0) is 19.3 Å². The second-order valence-electron chi connectivity index (χ2n) is 5.41. The molecule has 2 N–H and O–H groups in total. The Morgan fingerprint density at radius 3 is 2.35 bits per heavy atom. The van der Waals surface area contributed by atoms with Crippen molar-refractivity contribution >= 4 is 12.0 Å². The summed E-state index contributed by atoms with van der Waals surface area (Å²) in [5, 5.41) is 17.8. The molecule has 0 heterocycles. The van der Waals surface area contributed by atoms with Gasteiger partial charge >= 0.3 is 12.0 Å².